The van der Waals surface area contributed by atoms with Gasteiger partial charge in [0, 0.05) is 6.54 Å². The highest BCUT2D eigenvalue weighted by atomic mass is 19.1. The molecule has 1 amide bonds. The van der Waals surface area contributed by atoms with Crippen LogP contribution in [0.25, 0.3) is 16.6 Å². The van der Waals surface area contributed by atoms with E-state index >= 15 is 0 Å². The van der Waals surface area contributed by atoms with Crippen molar-refractivity contribution < 1.29 is 9.18 Å². The summed E-state index contributed by atoms with van der Waals surface area (Å²) < 4.78 is 15.5. The molecule has 0 bridgehead atoms. The molecule has 0 spiro atoms. The number of hydrogen-bond donors (Lipinski definition) is 1. The van der Waals surface area contributed by atoms with Crippen LogP contribution < -0.4 is 16.6 Å². The van der Waals surface area contributed by atoms with Gasteiger partial charge in [-0.1, -0.05) is 36.4 Å². The predicted octanol–water partition coefficient (Wildman–Crippen LogP) is 3.22. The van der Waals surface area contributed by atoms with Crippen LogP contribution in [0.3, 0.4) is 0 Å². The molecule has 0 fully saturated rings. The maximum absolute atomic E-state index is 13.4. The highest BCUT2D eigenvalue weighted by Crippen LogP contribution is 2.16. The first kappa shape index (κ1) is 21.2. The van der Waals surface area contributed by atoms with Gasteiger partial charge in [0.15, 0.2) is 0 Å². The molecule has 0 saturated heterocycles. The minimum Gasteiger partial charge on any atom is -0.350 e. The molecule has 7 heteroatoms. The van der Waals surface area contributed by atoms with Crippen molar-refractivity contribution in [1.82, 2.24) is 14.5 Å². The van der Waals surface area contributed by atoms with Gasteiger partial charge in [-0.25, -0.2) is 13.8 Å². The molecule has 0 unspecified atom stereocenters. The highest BCUT2D eigenvalue weighted by molar-refractivity contribution is 5.82. The van der Waals surface area contributed by atoms with E-state index in [4.69, 9.17) is 0 Å². The Hall–Kier alpha value is -4.00. The van der Waals surface area contributed by atoms with Crippen molar-refractivity contribution in [2.45, 2.75) is 26.9 Å². The lowest BCUT2D eigenvalue weighted by molar-refractivity contribution is -0.121. The lowest BCUT2D eigenvalue weighted by Gasteiger charge is -2.16. The number of nitrogens with one attached hydrogen (secondary N) is 1. The van der Waals surface area contributed by atoms with Crippen molar-refractivity contribution in [3.05, 3.63) is 110 Å². The van der Waals surface area contributed by atoms with Crippen LogP contribution in [0.4, 0.5) is 4.39 Å². The Balaban J connectivity index is 1.76. The number of hydrogen-bond acceptors (Lipinski definition) is 3. The van der Waals surface area contributed by atoms with E-state index in [0.717, 1.165) is 21.3 Å². The van der Waals surface area contributed by atoms with Crippen LogP contribution in [0.1, 0.15) is 16.7 Å². The van der Waals surface area contributed by atoms with E-state index < -0.39 is 17.2 Å². The first-order valence-electron chi connectivity index (χ1n) is 10.2. The van der Waals surface area contributed by atoms with Crippen LogP contribution in [-0.2, 0) is 17.9 Å². The number of carbonyl (C=O) groups is 1. The largest absolute Gasteiger partial charge is 0.350 e. The molecule has 1 aromatic heterocycles. The molecule has 6 nitrogen and oxygen atoms in total. The minimum absolute atomic E-state index is 0.197. The van der Waals surface area contributed by atoms with Crippen molar-refractivity contribution in [2.75, 3.05) is 0 Å². The van der Waals surface area contributed by atoms with Gasteiger partial charge < -0.3 is 5.32 Å². The van der Waals surface area contributed by atoms with Gasteiger partial charge in [-0.2, -0.15) is 0 Å². The second-order valence-corrected chi connectivity index (χ2v) is 7.65. The fourth-order valence-electron chi connectivity index (χ4n) is 3.67. The third kappa shape index (κ3) is 3.97. The molecular formula is C25H22FN3O3. The first-order valence-corrected chi connectivity index (χ1v) is 10.2. The predicted molar refractivity (Wildman–Crippen MR) is 122 cm³/mol. The van der Waals surface area contributed by atoms with Crippen LogP contribution >= 0.6 is 0 Å². The van der Waals surface area contributed by atoms with Crippen molar-refractivity contribution in [1.29, 1.82) is 0 Å². The summed E-state index contributed by atoms with van der Waals surface area (Å²) in [6.07, 6.45) is 0. The van der Waals surface area contributed by atoms with Gasteiger partial charge in [-0.3, -0.25) is 14.2 Å². The molecule has 3 aromatic carbocycles. The highest BCUT2D eigenvalue weighted by Gasteiger charge is 2.17. The number of nitrogens with zero attached hydrogens (tertiary/aromatic N) is 2. The molecule has 32 heavy (non-hydrogen) atoms. The third-order valence-electron chi connectivity index (χ3n) is 5.57. The number of aryl methyl sites for hydroxylation is 1. The second-order valence-electron chi connectivity index (χ2n) is 7.65. The lowest BCUT2D eigenvalue weighted by Crippen LogP contribution is -2.42. The van der Waals surface area contributed by atoms with E-state index in [9.17, 15) is 18.8 Å². The molecule has 0 aliphatic rings. The molecule has 1 heterocycles. The summed E-state index contributed by atoms with van der Waals surface area (Å²) in [5, 5.41) is 3.09. The average Bonchev–Trinajstić information content (AvgIpc) is 2.79. The smallest absolute Gasteiger partial charge is 0.336 e. The third-order valence-corrected chi connectivity index (χ3v) is 5.57. The van der Waals surface area contributed by atoms with Gasteiger partial charge >= 0.3 is 5.69 Å². The molecule has 0 atom stereocenters. The summed E-state index contributed by atoms with van der Waals surface area (Å²) in [5.41, 5.74) is 2.37. The molecule has 0 saturated carbocycles. The van der Waals surface area contributed by atoms with Crippen LogP contribution in [-0.4, -0.2) is 15.0 Å². The fourth-order valence-corrected chi connectivity index (χ4v) is 3.67. The number of halogens is 1. The van der Waals surface area contributed by atoms with E-state index in [1.165, 1.54) is 16.7 Å². The SMILES string of the molecule is Cc1cccc(-n2c(=O)c3ccccc3n(CC(=O)NCc3ccc(F)cc3)c2=O)c1C. The normalized spacial score (nSPS) is 11.0. The summed E-state index contributed by atoms with van der Waals surface area (Å²) in [5.74, 6) is -0.750. The van der Waals surface area contributed by atoms with E-state index in [2.05, 4.69) is 5.32 Å². The number of aromatic nitrogens is 2. The monoisotopic (exact) mass is 431 g/mol. The summed E-state index contributed by atoms with van der Waals surface area (Å²) in [7, 11) is 0. The van der Waals surface area contributed by atoms with Gasteiger partial charge in [-0.05, 0) is 60.9 Å². The number of fused-ring (bicyclic) bond motifs is 1. The topological polar surface area (TPSA) is 73.1 Å². The van der Waals surface area contributed by atoms with Gasteiger partial charge in [-0.15, -0.1) is 0 Å². The number of carbonyl (C=O) groups excluding carboxylic acids is 1. The van der Waals surface area contributed by atoms with Gasteiger partial charge in [0.25, 0.3) is 5.56 Å². The first-order chi connectivity index (χ1) is 15.4. The molecule has 4 aromatic rings. The molecular weight excluding hydrogens is 409 g/mol. The van der Waals surface area contributed by atoms with Crippen LogP contribution in [0.15, 0.2) is 76.3 Å². The maximum atomic E-state index is 13.4. The molecule has 162 valence electrons. The summed E-state index contributed by atoms with van der Waals surface area (Å²) in [4.78, 5) is 39.3. The molecule has 4 rings (SSSR count). The van der Waals surface area contributed by atoms with Gasteiger partial charge in [0.2, 0.25) is 5.91 Å². The minimum atomic E-state index is -0.584. The fraction of sp³-hybridized carbons (Fsp3) is 0.160. The van der Waals surface area contributed by atoms with Crippen molar-refractivity contribution in [2.24, 2.45) is 0 Å². The average molecular weight is 431 g/mol. The van der Waals surface area contributed by atoms with E-state index in [0.29, 0.717) is 16.6 Å². The second kappa shape index (κ2) is 8.63. The molecule has 0 aliphatic heterocycles. The van der Waals surface area contributed by atoms with Crippen LogP contribution in [0.5, 0.6) is 0 Å². The summed E-state index contributed by atoms with van der Waals surface area (Å²) in [6, 6.07) is 18.0. The Morgan fingerprint density at radius 1 is 0.938 bits per heavy atom. The Labute approximate surface area is 183 Å². The van der Waals surface area contributed by atoms with Gasteiger partial charge in [0.1, 0.15) is 12.4 Å². The molecule has 1 N–H and O–H groups in total. The van der Waals surface area contributed by atoms with Crippen molar-refractivity contribution >= 4 is 16.8 Å². The zero-order chi connectivity index (χ0) is 22.8. The number of rotatable bonds is 5. The number of benzene rings is 3. The van der Waals surface area contributed by atoms with Crippen molar-refractivity contribution in [3.8, 4) is 5.69 Å². The zero-order valence-electron chi connectivity index (χ0n) is 17.8. The van der Waals surface area contributed by atoms with Crippen LogP contribution in [0.2, 0.25) is 0 Å². The van der Waals surface area contributed by atoms with E-state index in [-0.39, 0.29) is 18.9 Å². The maximum Gasteiger partial charge on any atom is 0.336 e. The quantitative estimate of drug-likeness (QED) is 0.527. The Kier molecular flexibility index (Phi) is 5.73. The number of para-hydroxylation sites is 1. The lowest BCUT2D eigenvalue weighted by atomic mass is 10.1. The van der Waals surface area contributed by atoms with E-state index in [1.807, 2.05) is 19.9 Å². The van der Waals surface area contributed by atoms with E-state index in [1.54, 1.807) is 48.5 Å². The number of amides is 1. The Morgan fingerprint density at radius 2 is 1.66 bits per heavy atom. The van der Waals surface area contributed by atoms with Gasteiger partial charge in [0.05, 0.1) is 16.6 Å². The zero-order valence-corrected chi connectivity index (χ0v) is 17.8. The summed E-state index contributed by atoms with van der Waals surface area (Å²) >= 11 is 0. The Morgan fingerprint density at radius 3 is 2.41 bits per heavy atom. The molecule has 0 aliphatic carbocycles. The molecule has 0 radical (unpaired) electrons. The van der Waals surface area contributed by atoms with Crippen LogP contribution in [0, 0.1) is 19.7 Å². The van der Waals surface area contributed by atoms with Crippen molar-refractivity contribution in [3.63, 3.8) is 0 Å². The standard InChI is InChI=1S/C25H22FN3O3/c1-16-6-5-9-21(17(16)2)29-24(31)20-7-3-4-8-22(20)28(25(29)32)15-23(30)27-14-18-10-12-19(26)13-11-18/h3-13H,14-15H2,1-2H3,(H,27,30). The Bertz CT molecular complexity index is 1440. The summed E-state index contributed by atoms with van der Waals surface area (Å²) in [6.45, 7) is 3.70.